The molecule has 0 saturated carbocycles. The Bertz CT molecular complexity index is 1830. The van der Waals surface area contributed by atoms with Gasteiger partial charge in [0, 0.05) is 42.2 Å². The smallest absolute Gasteiger partial charge is 0.0666 e. The first-order chi connectivity index (χ1) is 39.7. The molecule has 0 unspecified atom stereocenters. The fourth-order valence-electron chi connectivity index (χ4n) is 11.6. The molecular weight excluding hydrogens is 1020 g/mol. The van der Waals surface area contributed by atoms with Gasteiger partial charge < -0.3 is 0 Å². The number of aliphatic imine (C=N–C) groups is 2. The molecule has 0 N–H and O–H groups in total. The molecule has 2 rings (SSSR count). The van der Waals surface area contributed by atoms with Gasteiger partial charge in [0.1, 0.15) is 0 Å². The molecule has 2 nitrogen and oxygen atoms in total. The van der Waals surface area contributed by atoms with Crippen molar-refractivity contribution in [3.8, 4) is 23.7 Å². The number of hydrogen-bond donors (Lipinski definition) is 0. The summed E-state index contributed by atoms with van der Waals surface area (Å²) in [5, 5.41) is 0. The van der Waals surface area contributed by atoms with E-state index in [-0.39, 0.29) is 16.5 Å². The monoisotopic (exact) mass is 1150 g/mol. The summed E-state index contributed by atoms with van der Waals surface area (Å²) in [5.74, 6) is 14.2. The van der Waals surface area contributed by atoms with Gasteiger partial charge in [-0.15, -0.1) is 23.7 Å². The molecule has 0 spiro atoms. The van der Waals surface area contributed by atoms with Crippen LogP contribution in [0.15, 0.2) is 58.5 Å². The van der Waals surface area contributed by atoms with E-state index in [9.17, 15) is 0 Å². The van der Waals surface area contributed by atoms with Crippen molar-refractivity contribution in [2.24, 2.45) is 9.98 Å². The molecule has 0 bridgehead atoms. The molecule has 0 atom stereocenters. The molecule has 0 aromatic heterocycles. The maximum atomic E-state index is 5.56. The van der Waals surface area contributed by atoms with Crippen molar-refractivity contribution >= 4 is 22.8 Å². The molecule has 0 amide bonds. The van der Waals surface area contributed by atoms with Gasteiger partial charge in [-0.3, -0.25) is 9.98 Å². The van der Waals surface area contributed by atoms with Crippen LogP contribution in [0.2, 0.25) is 0 Å². The molecule has 0 saturated heterocycles. The van der Waals surface area contributed by atoms with Crippen LogP contribution in [0.3, 0.4) is 0 Å². The second-order valence-electron chi connectivity index (χ2n) is 24.6. The van der Waals surface area contributed by atoms with E-state index in [1.807, 2.05) is 0 Å². The maximum Gasteiger partial charge on any atom is 0.0666 e. The van der Waals surface area contributed by atoms with Gasteiger partial charge in [0.15, 0.2) is 0 Å². The van der Waals surface area contributed by atoms with E-state index < -0.39 is 0 Å². The maximum absolute atomic E-state index is 5.56. The van der Waals surface area contributed by atoms with Gasteiger partial charge in [-0.05, 0) is 74.6 Å². The summed E-state index contributed by atoms with van der Waals surface area (Å²) >= 11 is 0. The van der Waals surface area contributed by atoms with Gasteiger partial charge in [0.25, 0.3) is 0 Å². The second kappa shape index (κ2) is 61.9. The normalized spacial score (nSPS) is 11.6. The summed E-state index contributed by atoms with van der Waals surface area (Å²) in [7, 11) is 0. The molecule has 0 radical (unpaired) electrons. The summed E-state index contributed by atoms with van der Waals surface area (Å²) in [5.41, 5.74) is 7.21. The number of nitrogens with zero attached hydrogens (tertiary/aromatic N) is 2. The number of hydrogen-bond acceptors (Lipinski definition) is 2. The summed E-state index contributed by atoms with van der Waals surface area (Å²) in [4.78, 5) is 11.1. The quantitative estimate of drug-likeness (QED) is 0.0273. The Morgan fingerprint density at radius 2 is 0.481 bits per heavy atom. The van der Waals surface area contributed by atoms with Gasteiger partial charge >= 0.3 is 0 Å². The largest absolute Gasteiger partial charge is 0.251 e. The Kier molecular flexibility index (Phi) is 58.4. The molecule has 3 heteroatoms. The summed E-state index contributed by atoms with van der Waals surface area (Å²) < 4.78 is 0. The van der Waals surface area contributed by atoms with Crippen LogP contribution in [0.25, 0.3) is 0 Å². The molecule has 2 aromatic carbocycles. The minimum absolute atomic E-state index is 0. The Labute approximate surface area is 516 Å². The Balaban J connectivity index is 0.0000328. The van der Waals surface area contributed by atoms with E-state index >= 15 is 0 Å². The third-order valence-electron chi connectivity index (χ3n) is 17.0. The summed E-state index contributed by atoms with van der Waals surface area (Å²) in [6.07, 6.45) is 74.6. The fourth-order valence-corrected chi connectivity index (χ4v) is 11.6. The van der Waals surface area contributed by atoms with E-state index in [4.69, 9.17) is 9.98 Å². The zero-order valence-corrected chi connectivity index (χ0v) is 55.4. The van der Waals surface area contributed by atoms with Crippen molar-refractivity contribution in [1.82, 2.24) is 0 Å². The van der Waals surface area contributed by atoms with E-state index in [1.54, 1.807) is 0 Å². The molecule has 0 aliphatic rings. The first kappa shape index (κ1) is 76.4. The average Bonchev–Trinajstić information content (AvgIpc) is 3.47. The van der Waals surface area contributed by atoms with Gasteiger partial charge in [0.05, 0.1) is 22.8 Å². The predicted octanol–water partition coefficient (Wildman–Crippen LogP) is 26.8. The van der Waals surface area contributed by atoms with Crippen LogP contribution in [0.5, 0.6) is 0 Å². The van der Waals surface area contributed by atoms with Gasteiger partial charge in [-0.25, -0.2) is 0 Å². The van der Waals surface area contributed by atoms with Crippen LogP contribution >= 0.6 is 0 Å². The molecule has 0 fully saturated rings. The molecule has 81 heavy (non-hydrogen) atoms. The van der Waals surface area contributed by atoms with E-state index in [1.165, 1.54) is 311 Å². The minimum Gasteiger partial charge on any atom is -0.251 e. The van der Waals surface area contributed by atoms with E-state index in [0.717, 1.165) is 82.0 Å². The van der Waals surface area contributed by atoms with Crippen LogP contribution in [0, 0.1) is 23.7 Å². The Hall–Kier alpha value is -2.61. The van der Waals surface area contributed by atoms with Crippen LogP contribution in [0.4, 0.5) is 11.4 Å². The minimum atomic E-state index is 0. The van der Waals surface area contributed by atoms with Crippen molar-refractivity contribution in [2.45, 2.75) is 387 Å². The second-order valence-corrected chi connectivity index (χ2v) is 24.6. The molecule has 0 heterocycles. The molecular formula is C78H132N2Ni. The van der Waals surface area contributed by atoms with Gasteiger partial charge in [-0.1, -0.05) is 347 Å². The topological polar surface area (TPSA) is 24.7 Å². The zero-order chi connectivity index (χ0) is 57.0. The van der Waals surface area contributed by atoms with Crippen LogP contribution < -0.4 is 0 Å². The van der Waals surface area contributed by atoms with Crippen molar-refractivity contribution in [3.05, 3.63) is 59.7 Å². The van der Waals surface area contributed by atoms with Crippen LogP contribution in [-0.2, 0) is 29.3 Å². The molecule has 464 valence electrons. The van der Waals surface area contributed by atoms with Crippen LogP contribution in [-0.4, -0.2) is 11.4 Å². The third-order valence-corrected chi connectivity index (χ3v) is 17.0. The Morgan fingerprint density at radius 1 is 0.259 bits per heavy atom. The van der Waals surface area contributed by atoms with E-state index in [0.29, 0.717) is 0 Å². The summed E-state index contributed by atoms with van der Waals surface area (Å²) in [6, 6.07) is 17.7. The number of aryl methyl sites for hydroxylation is 2. The summed E-state index contributed by atoms with van der Waals surface area (Å²) in [6.45, 7) is 9.23. The molecule has 2 aromatic rings. The third kappa shape index (κ3) is 48.3. The zero-order valence-electron chi connectivity index (χ0n) is 54.4. The van der Waals surface area contributed by atoms with Crippen molar-refractivity contribution < 1.29 is 16.5 Å². The predicted molar refractivity (Wildman–Crippen MR) is 362 cm³/mol. The molecule has 0 aliphatic heterocycles. The van der Waals surface area contributed by atoms with Crippen molar-refractivity contribution in [1.29, 1.82) is 0 Å². The number of para-hydroxylation sites is 2. The van der Waals surface area contributed by atoms with Gasteiger partial charge in [0.2, 0.25) is 0 Å². The fraction of sp³-hybridized carbons (Fsp3) is 0.769. The first-order valence-corrected chi connectivity index (χ1v) is 36.0. The van der Waals surface area contributed by atoms with Crippen molar-refractivity contribution in [2.75, 3.05) is 0 Å². The average molecular weight is 1160 g/mol. The molecule has 0 aliphatic carbocycles. The standard InChI is InChI=1S/C78H132N2.Ni/c1-5-9-13-16-19-21-23-25-27-29-31-33-35-37-39-41-43-45-47-49-51-53-55-58-65-73-67-61-63-70-75(73)79-77(69-12-8-4)78(72-60-57-18-15-11-7-3)80-76-71-64-62-68-74(76)66-59-56-54-52-50-48-46-44-42-40-38-36-34-32-30-28-26-24-22-20-17-14-10-6-2;/h61-64,67-68,70-71H,5-52,57-60,65-66,69,72H2,1-4H3;/b79-77-,80-78+;. The van der Waals surface area contributed by atoms with Crippen molar-refractivity contribution in [3.63, 3.8) is 0 Å². The number of benzene rings is 2. The van der Waals surface area contributed by atoms with E-state index in [2.05, 4.69) is 99.9 Å². The van der Waals surface area contributed by atoms with Crippen LogP contribution in [0.1, 0.15) is 386 Å². The Morgan fingerprint density at radius 3 is 0.765 bits per heavy atom. The first-order valence-electron chi connectivity index (χ1n) is 36.0. The number of unbranched alkanes of at least 4 members (excludes halogenated alkanes) is 46. The SMILES string of the molecule is CCCCCCCCCCCCCCCCCCCCCCC#CCCc1ccccc1/N=C(CCCC)\C(CCCCCCCC)=N\c1ccccc1CCC#CCCCCCCCCCCCCCCCCCCCCCC.[Ni]. The van der Waals surface area contributed by atoms with Gasteiger partial charge in [-0.2, -0.15) is 0 Å². The number of rotatable bonds is 57.